The van der Waals surface area contributed by atoms with Crippen molar-refractivity contribution in [3.63, 3.8) is 0 Å². The Morgan fingerprint density at radius 2 is 2.00 bits per heavy atom. The molecule has 4 nitrogen and oxygen atoms in total. The second-order valence-corrected chi connectivity index (χ2v) is 6.43. The van der Waals surface area contributed by atoms with E-state index >= 15 is 0 Å². The minimum absolute atomic E-state index is 0.0560. The average Bonchev–Trinajstić information content (AvgIpc) is 2.27. The summed E-state index contributed by atoms with van der Waals surface area (Å²) < 4.78 is 11.0. The molecule has 2 aliphatic rings. The van der Waals surface area contributed by atoms with E-state index in [9.17, 15) is 0 Å². The lowest BCUT2D eigenvalue weighted by molar-refractivity contribution is -0.149. The Labute approximate surface area is 111 Å². The minimum atomic E-state index is -0.134. The molecule has 2 saturated carbocycles. The maximum absolute atomic E-state index is 6.52. The summed E-state index contributed by atoms with van der Waals surface area (Å²) in [6, 6.07) is 0.581. The maximum Gasteiger partial charge on any atom is 0.0662 e. The first-order chi connectivity index (χ1) is 8.43. The maximum atomic E-state index is 6.52. The van der Waals surface area contributed by atoms with E-state index < -0.39 is 0 Å². The van der Waals surface area contributed by atoms with Gasteiger partial charge in [-0.2, -0.15) is 0 Å². The van der Waals surface area contributed by atoms with Crippen molar-refractivity contribution in [3.05, 3.63) is 0 Å². The molecule has 0 amide bonds. The third kappa shape index (κ3) is 2.31. The molecule has 0 heterocycles. The van der Waals surface area contributed by atoms with Gasteiger partial charge in [0.1, 0.15) is 0 Å². The summed E-state index contributed by atoms with van der Waals surface area (Å²) in [6.07, 6.45) is 3.94. The normalized spacial score (nSPS) is 42.2. The van der Waals surface area contributed by atoms with Crippen LogP contribution in [0.1, 0.15) is 40.0 Å². The Hall–Kier alpha value is -0.160. The SMILES string of the molecule is CCOC1CC(N)(CNC2CC(OC)C2)C1(C)C. The van der Waals surface area contributed by atoms with Crippen LogP contribution in [0.25, 0.3) is 0 Å². The molecule has 0 aromatic carbocycles. The highest BCUT2D eigenvalue weighted by Crippen LogP contribution is 2.49. The Kier molecular flexibility index (Phi) is 4.02. The molecule has 2 aliphatic carbocycles. The average molecular weight is 256 g/mol. The Morgan fingerprint density at radius 3 is 2.50 bits per heavy atom. The molecule has 106 valence electrons. The van der Waals surface area contributed by atoms with Crippen LogP contribution in [0.3, 0.4) is 0 Å². The monoisotopic (exact) mass is 256 g/mol. The van der Waals surface area contributed by atoms with Crippen molar-refractivity contribution in [1.29, 1.82) is 0 Å². The number of hydrogen-bond acceptors (Lipinski definition) is 4. The fraction of sp³-hybridized carbons (Fsp3) is 1.00. The van der Waals surface area contributed by atoms with Gasteiger partial charge in [-0.25, -0.2) is 0 Å². The zero-order chi connectivity index (χ0) is 13.4. The molecular weight excluding hydrogens is 228 g/mol. The number of ether oxygens (including phenoxy) is 2. The highest BCUT2D eigenvalue weighted by atomic mass is 16.5. The van der Waals surface area contributed by atoms with Crippen LogP contribution in [-0.4, -0.2) is 44.1 Å². The largest absolute Gasteiger partial charge is 0.381 e. The number of methoxy groups -OCH3 is 1. The van der Waals surface area contributed by atoms with E-state index in [0.29, 0.717) is 18.2 Å². The highest BCUT2D eigenvalue weighted by Gasteiger charge is 2.58. The summed E-state index contributed by atoms with van der Waals surface area (Å²) in [4.78, 5) is 0. The van der Waals surface area contributed by atoms with Crippen LogP contribution < -0.4 is 11.1 Å². The first kappa shape index (κ1) is 14.3. The first-order valence-electron chi connectivity index (χ1n) is 7.09. The van der Waals surface area contributed by atoms with Crippen molar-refractivity contribution in [2.24, 2.45) is 11.1 Å². The molecule has 18 heavy (non-hydrogen) atoms. The van der Waals surface area contributed by atoms with Gasteiger partial charge < -0.3 is 20.5 Å². The van der Waals surface area contributed by atoms with E-state index in [2.05, 4.69) is 19.2 Å². The van der Waals surface area contributed by atoms with Gasteiger partial charge in [0.2, 0.25) is 0 Å². The number of rotatable bonds is 6. The van der Waals surface area contributed by atoms with Crippen LogP contribution in [0.2, 0.25) is 0 Å². The van der Waals surface area contributed by atoms with Crippen molar-refractivity contribution in [3.8, 4) is 0 Å². The van der Waals surface area contributed by atoms with Crippen molar-refractivity contribution < 1.29 is 9.47 Å². The van der Waals surface area contributed by atoms with Gasteiger partial charge in [-0.3, -0.25) is 0 Å². The molecule has 0 radical (unpaired) electrons. The predicted molar refractivity (Wildman–Crippen MR) is 72.6 cm³/mol. The summed E-state index contributed by atoms with van der Waals surface area (Å²) in [5.74, 6) is 0. The molecule has 2 unspecified atom stereocenters. The van der Waals surface area contributed by atoms with Crippen molar-refractivity contribution >= 4 is 0 Å². The molecule has 0 aromatic rings. The first-order valence-corrected chi connectivity index (χ1v) is 7.09. The second kappa shape index (κ2) is 5.08. The van der Waals surface area contributed by atoms with E-state index in [-0.39, 0.29) is 11.0 Å². The lowest BCUT2D eigenvalue weighted by Crippen LogP contribution is -2.74. The van der Waals surface area contributed by atoms with Gasteiger partial charge in [0, 0.05) is 37.3 Å². The summed E-state index contributed by atoms with van der Waals surface area (Å²) in [6.45, 7) is 8.14. The lowest BCUT2D eigenvalue weighted by Gasteiger charge is -2.60. The van der Waals surface area contributed by atoms with Crippen LogP contribution in [0.15, 0.2) is 0 Å². The molecule has 2 rings (SSSR count). The Morgan fingerprint density at radius 1 is 1.33 bits per heavy atom. The zero-order valence-electron chi connectivity index (χ0n) is 12.2. The number of nitrogens with one attached hydrogen (secondary N) is 1. The van der Waals surface area contributed by atoms with Crippen LogP contribution in [0.5, 0.6) is 0 Å². The predicted octanol–water partition coefficient (Wildman–Crippen LogP) is 1.29. The van der Waals surface area contributed by atoms with Gasteiger partial charge in [0.15, 0.2) is 0 Å². The van der Waals surface area contributed by atoms with Gasteiger partial charge in [-0.05, 0) is 26.2 Å². The molecule has 4 heteroatoms. The van der Waals surface area contributed by atoms with Crippen molar-refractivity contribution in [2.75, 3.05) is 20.3 Å². The fourth-order valence-corrected chi connectivity index (χ4v) is 3.06. The molecule has 3 N–H and O–H groups in total. The second-order valence-electron chi connectivity index (χ2n) is 6.43. The van der Waals surface area contributed by atoms with Gasteiger partial charge in [0.05, 0.1) is 12.2 Å². The van der Waals surface area contributed by atoms with E-state index in [0.717, 1.165) is 32.4 Å². The van der Waals surface area contributed by atoms with Gasteiger partial charge in [0.25, 0.3) is 0 Å². The molecule has 0 saturated heterocycles. The molecule has 0 spiro atoms. The third-order valence-electron chi connectivity index (χ3n) is 5.14. The van der Waals surface area contributed by atoms with Crippen molar-refractivity contribution in [2.45, 2.75) is 63.8 Å². The zero-order valence-corrected chi connectivity index (χ0v) is 12.2. The van der Waals surface area contributed by atoms with Crippen LogP contribution in [0.4, 0.5) is 0 Å². The summed E-state index contributed by atoms with van der Waals surface area (Å²) in [7, 11) is 1.78. The Balaban J connectivity index is 1.76. The quantitative estimate of drug-likeness (QED) is 0.752. The highest BCUT2D eigenvalue weighted by molar-refractivity contribution is 5.15. The van der Waals surface area contributed by atoms with E-state index in [4.69, 9.17) is 15.2 Å². The standard InChI is InChI=1S/C14H28N2O2/c1-5-18-12-8-14(15,13(12,2)3)9-16-10-6-11(7-10)17-4/h10-12,16H,5-9,15H2,1-4H3. The Bertz CT molecular complexity index is 290. The van der Waals surface area contributed by atoms with Crippen molar-refractivity contribution in [1.82, 2.24) is 5.32 Å². The van der Waals surface area contributed by atoms with Gasteiger partial charge in [-0.1, -0.05) is 13.8 Å². The molecule has 0 aliphatic heterocycles. The van der Waals surface area contributed by atoms with E-state index in [1.54, 1.807) is 7.11 Å². The molecule has 2 atom stereocenters. The number of nitrogens with two attached hydrogens (primary N) is 1. The molecule has 0 aromatic heterocycles. The smallest absolute Gasteiger partial charge is 0.0662 e. The summed E-state index contributed by atoms with van der Waals surface area (Å²) in [5.41, 5.74) is 6.44. The van der Waals surface area contributed by atoms with Gasteiger partial charge >= 0.3 is 0 Å². The van der Waals surface area contributed by atoms with E-state index in [1.165, 1.54) is 0 Å². The topological polar surface area (TPSA) is 56.5 Å². The molecule has 0 bridgehead atoms. The van der Waals surface area contributed by atoms with Crippen LogP contribution in [0, 0.1) is 5.41 Å². The summed E-state index contributed by atoms with van der Waals surface area (Å²) >= 11 is 0. The molecule has 2 fully saturated rings. The number of hydrogen-bond donors (Lipinski definition) is 2. The third-order valence-corrected chi connectivity index (χ3v) is 5.14. The molecular formula is C14H28N2O2. The minimum Gasteiger partial charge on any atom is -0.381 e. The lowest BCUT2D eigenvalue weighted by atomic mass is 9.54. The van der Waals surface area contributed by atoms with Gasteiger partial charge in [-0.15, -0.1) is 0 Å². The summed E-state index contributed by atoms with van der Waals surface area (Å²) in [5, 5.41) is 3.58. The van der Waals surface area contributed by atoms with Crippen LogP contribution >= 0.6 is 0 Å². The van der Waals surface area contributed by atoms with E-state index in [1.807, 2.05) is 6.92 Å². The van der Waals surface area contributed by atoms with Crippen LogP contribution in [-0.2, 0) is 9.47 Å². The fourth-order valence-electron chi connectivity index (χ4n) is 3.06.